The number of carbonyl (C=O) groups is 1. The number of aromatic nitrogens is 1. The molecule has 31 heavy (non-hydrogen) atoms. The Morgan fingerprint density at radius 2 is 2.10 bits per heavy atom. The molecule has 162 valence electrons. The maximum atomic E-state index is 13.0. The van der Waals surface area contributed by atoms with Gasteiger partial charge < -0.3 is 18.8 Å². The molecule has 2 aromatic heterocycles. The number of pyridine rings is 1. The number of ether oxygens (including phenoxy) is 2. The lowest BCUT2D eigenvalue weighted by atomic mass is 10.1. The van der Waals surface area contributed by atoms with E-state index in [2.05, 4.69) is 4.98 Å². The first-order valence-electron chi connectivity index (χ1n) is 9.88. The van der Waals surface area contributed by atoms with Gasteiger partial charge in [0.15, 0.2) is 11.5 Å². The molecule has 0 saturated heterocycles. The minimum Gasteiger partial charge on any atom is -0.493 e. The zero-order valence-electron chi connectivity index (χ0n) is 17.7. The normalized spacial score (nSPS) is 11.1. The van der Waals surface area contributed by atoms with E-state index in [0.29, 0.717) is 35.4 Å². The second-order valence-corrected chi connectivity index (χ2v) is 7.58. The third kappa shape index (κ3) is 6.36. The zero-order valence-corrected chi connectivity index (χ0v) is 18.5. The lowest BCUT2D eigenvalue weighted by Crippen LogP contribution is -2.28. The highest BCUT2D eigenvalue weighted by atomic mass is 35.5. The number of methoxy groups -OCH3 is 1. The number of furan rings is 1. The van der Waals surface area contributed by atoms with Gasteiger partial charge in [-0.1, -0.05) is 17.7 Å². The van der Waals surface area contributed by atoms with Crippen molar-refractivity contribution < 1.29 is 18.7 Å². The van der Waals surface area contributed by atoms with E-state index in [1.807, 2.05) is 32.0 Å². The Kier molecular flexibility index (Phi) is 7.73. The number of nitrogens with zero attached hydrogens (tertiary/aromatic N) is 2. The first kappa shape index (κ1) is 22.4. The molecule has 1 amide bonds. The van der Waals surface area contributed by atoms with E-state index in [0.717, 1.165) is 11.1 Å². The van der Waals surface area contributed by atoms with Crippen molar-refractivity contribution in [3.8, 4) is 11.5 Å². The Morgan fingerprint density at radius 1 is 1.26 bits per heavy atom. The number of hydrogen-bond acceptors (Lipinski definition) is 5. The van der Waals surface area contributed by atoms with Crippen LogP contribution in [0.1, 0.15) is 30.7 Å². The van der Waals surface area contributed by atoms with Crippen molar-refractivity contribution in [2.45, 2.75) is 33.0 Å². The fraction of sp³-hybridized carbons (Fsp3) is 0.250. The monoisotopic (exact) mass is 440 g/mol. The average molecular weight is 441 g/mol. The van der Waals surface area contributed by atoms with E-state index < -0.39 is 0 Å². The molecule has 0 aliphatic heterocycles. The van der Waals surface area contributed by atoms with Crippen molar-refractivity contribution in [3.63, 3.8) is 0 Å². The smallest absolute Gasteiger partial charge is 0.247 e. The van der Waals surface area contributed by atoms with Gasteiger partial charge in [0, 0.05) is 25.0 Å². The van der Waals surface area contributed by atoms with Crippen LogP contribution < -0.4 is 9.47 Å². The highest BCUT2D eigenvalue weighted by Gasteiger charge is 2.15. The highest BCUT2D eigenvalue weighted by Crippen LogP contribution is 2.37. The third-order valence-corrected chi connectivity index (χ3v) is 4.64. The summed E-state index contributed by atoms with van der Waals surface area (Å²) in [5.41, 5.74) is 1.65. The molecule has 7 heteroatoms. The van der Waals surface area contributed by atoms with E-state index in [-0.39, 0.29) is 12.0 Å². The predicted molar refractivity (Wildman–Crippen MR) is 120 cm³/mol. The predicted octanol–water partition coefficient (Wildman–Crippen LogP) is 5.37. The maximum Gasteiger partial charge on any atom is 0.247 e. The fourth-order valence-corrected chi connectivity index (χ4v) is 3.24. The number of halogens is 1. The van der Waals surface area contributed by atoms with Crippen LogP contribution in [0.4, 0.5) is 0 Å². The van der Waals surface area contributed by atoms with E-state index >= 15 is 0 Å². The number of carbonyl (C=O) groups excluding carboxylic acids is 1. The van der Waals surface area contributed by atoms with E-state index in [4.69, 9.17) is 25.5 Å². The molecule has 6 nitrogen and oxygen atoms in total. The highest BCUT2D eigenvalue weighted by molar-refractivity contribution is 6.32. The summed E-state index contributed by atoms with van der Waals surface area (Å²) in [6, 6.07) is 10.9. The van der Waals surface area contributed by atoms with Gasteiger partial charge in [-0.25, -0.2) is 0 Å². The van der Waals surface area contributed by atoms with Crippen LogP contribution in [0.15, 0.2) is 65.5 Å². The van der Waals surface area contributed by atoms with Gasteiger partial charge in [0.2, 0.25) is 5.91 Å². The van der Waals surface area contributed by atoms with Crippen LogP contribution in [0.25, 0.3) is 6.08 Å². The van der Waals surface area contributed by atoms with Crippen LogP contribution >= 0.6 is 11.6 Å². The SMILES string of the molecule is COc1cc(C=CC(=O)N(Cc2cccnc2)Cc2ccco2)cc(Cl)c1OC(C)C. The third-order valence-electron chi connectivity index (χ3n) is 4.36. The topological polar surface area (TPSA) is 64.8 Å². The molecule has 0 aliphatic carbocycles. The zero-order chi connectivity index (χ0) is 22.2. The Bertz CT molecular complexity index is 1020. The van der Waals surface area contributed by atoms with Crippen molar-refractivity contribution in [3.05, 3.63) is 83.0 Å². The molecular formula is C24H25ClN2O4. The second kappa shape index (κ2) is 10.7. The Balaban J connectivity index is 1.80. The summed E-state index contributed by atoms with van der Waals surface area (Å²) in [7, 11) is 1.55. The Morgan fingerprint density at radius 3 is 2.74 bits per heavy atom. The van der Waals surface area contributed by atoms with E-state index in [1.165, 1.54) is 6.08 Å². The molecule has 0 radical (unpaired) electrons. The number of rotatable bonds is 9. The van der Waals surface area contributed by atoms with Crippen LogP contribution in [0.3, 0.4) is 0 Å². The molecule has 3 aromatic rings. The molecule has 0 saturated carbocycles. The minimum absolute atomic E-state index is 0.0444. The number of hydrogen-bond donors (Lipinski definition) is 0. The van der Waals surface area contributed by atoms with Crippen LogP contribution in [0.2, 0.25) is 5.02 Å². The first-order chi connectivity index (χ1) is 15.0. The fourth-order valence-electron chi connectivity index (χ4n) is 2.97. The van der Waals surface area contributed by atoms with Gasteiger partial charge in [-0.3, -0.25) is 9.78 Å². The first-order valence-corrected chi connectivity index (χ1v) is 10.3. The Hall–Kier alpha value is -3.25. The molecule has 0 fully saturated rings. The van der Waals surface area contributed by atoms with E-state index in [1.54, 1.807) is 54.9 Å². The van der Waals surface area contributed by atoms with Crippen molar-refractivity contribution >= 4 is 23.6 Å². The summed E-state index contributed by atoms with van der Waals surface area (Å²) in [5.74, 6) is 1.53. The molecule has 2 heterocycles. The summed E-state index contributed by atoms with van der Waals surface area (Å²) in [6.45, 7) is 4.58. The van der Waals surface area contributed by atoms with E-state index in [9.17, 15) is 4.79 Å². The number of benzene rings is 1. The van der Waals surface area contributed by atoms with Crippen molar-refractivity contribution in [1.82, 2.24) is 9.88 Å². The van der Waals surface area contributed by atoms with Gasteiger partial charge in [0.1, 0.15) is 5.76 Å². The number of amides is 1. The van der Waals surface area contributed by atoms with Crippen molar-refractivity contribution in [2.24, 2.45) is 0 Å². The van der Waals surface area contributed by atoms with Gasteiger partial charge in [-0.05, 0) is 61.4 Å². The van der Waals surface area contributed by atoms with Crippen LogP contribution in [-0.2, 0) is 17.9 Å². The molecule has 3 rings (SSSR count). The van der Waals surface area contributed by atoms with Crippen molar-refractivity contribution in [2.75, 3.05) is 7.11 Å². The maximum absolute atomic E-state index is 13.0. The summed E-state index contributed by atoms with van der Waals surface area (Å²) in [4.78, 5) is 18.8. The molecule has 0 atom stereocenters. The van der Waals surface area contributed by atoms with Gasteiger partial charge in [-0.2, -0.15) is 0 Å². The minimum atomic E-state index is -0.169. The van der Waals surface area contributed by atoms with Gasteiger partial charge in [0.25, 0.3) is 0 Å². The lowest BCUT2D eigenvalue weighted by Gasteiger charge is -2.20. The molecule has 0 spiro atoms. The molecule has 0 bridgehead atoms. The standard InChI is InChI=1S/C24H25ClN2O4/c1-17(2)31-24-21(25)12-18(13-22(24)29-3)8-9-23(28)27(16-20-7-5-11-30-20)15-19-6-4-10-26-14-19/h4-14,17H,15-16H2,1-3H3. The molecule has 0 N–H and O–H groups in total. The summed E-state index contributed by atoms with van der Waals surface area (Å²) < 4.78 is 16.6. The quantitative estimate of drug-likeness (QED) is 0.419. The van der Waals surface area contributed by atoms with Crippen LogP contribution in [0.5, 0.6) is 11.5 Å². The average Bonchev–Trinajstić information content (AvgIpc) is 3.26. The lowest BCUT2D eigenvalue weighted by molar-refractivity contribution is -0.127. The van der Waals surface area contributed by atoms with Gasteiger partial charge in [0.05, 0.1) is 31.0 Å². The second-order valence-electron chi connectivity index (χ2n) is 7.17. The van der Waals surface area contributed by atoms with Crippen LogP contribution in [0, 0.1) is 0 Å². The largest absolute Gasteiger partial charge is 0.493 e. The van der Waals surface area contributed by atoms with Gasteiger partial charge in [-0.15, -0.1) is 0 Å². The summed E-state index contributed by atoms with van der Waals surface area (Å²) in [5, 5.41) is 0.419. The molecule has 0 unspecified atom stereocenters. The summed E-state index contributed by atoms with van der Waals surface area (Å²) in [6.07, 6.45) is 8.20. The van der Waals surface area contributed by atoms with Crippen molar-refractivity contribution in [1.29, 1.82) is 0 Å². The van der Waals surface area contributed by atoms with Crippen LogP contribution in [-0.4, -0.2) is 29.0 Å². The molecular weight excluding hydrogens is 416 g/mol. The molecule has 0 aliphatic rings. The molecule has 1 aromatic carbocycles. The Labute approximate surface area is 187 Å². The van der Waals surface area contributed by atoms with Gasteiger partial charge >= 0.3 is 0 Å². The summed E-state index contributed by atoms with van der Waals surface area (Å²) >= 11 is 6.38.